The van der Waals surface area contributed by atoms with Crippen molar-refractivity contribution in [3.05, 3.63) is 18.1 Å². The summed E-state index contributed by atoms with van der Waals surface area (Å²) in [6.45, 7) is -0.157. The highest BCUT2D eigenvalue weighted by atomic mass is 16.6. The van der Waals surface area contributed by atoms with Gasteiger partial charge < -0.3 is 41.8 Å². The minimum atomic E-state index is -1.39. The van der Waals surface area contributed by atoms with Crippen LogP contribution >= 0.6 is 0 Å². The highest BCUT2D eigenvalue weighted by Crippen LogP contribution is 2.35. The molecule has 2 aromatic heterocycles. The van der Waals surface area contributed by atoms with Crippen LogP contribution in [-0.2, 0) is 4.74 Å². The molecule has 0 spiro atoms. The van der Waals surface area contributed by atoms with Gasteiger partial charge in [0.25, 0.3) is 5.91 Å². The number of carbonyl (C=O) groups is 1. The van der Waals surface area contributed by atoms with E-state index in [2.05, 4.69) is 9.97 Å². The Kier molecular flexibility index (Phi) is 4.11. The number of primary amides is 1. The first-order valence-corrected chi connectivity index (χ1v) is 7.17. The number of aliphatic hydroxyl groups is 3. The Morgan fingerprint density at radius 2 is 2.08 bits per heavy atom. The summed E-state index contributed by atoms with van der Waals surface area (Å²) < 4.78 is 6.87. The molecule has 1 fully saturated rings. The van der Waals surface area contributed by atoms with Crippen LogP contribution < -0.4 is 17.2 Å². The van der Waals surface area contributed by atoms with Crippen molar-refractivity contribution in [1.82, 2.24) is 14.5 Å². The van der Waals surface area contributed by atoms with Crippen molar-refractivity contribution in [3.63, 3.8) is 0 Å². The number of nitrogen functional groups attached to an aromatic ring is 1. The molecule has 1 aliphatic heterocycles. The van der Waals surface area contributed by atoms with Gasteiger partial charge in [0.05, 0.1) is 17.1 Å². The van der Waals surface area contributed by atoms with Crippen molar-refractivity contribution >= 4 is 22.8 Å². The Labute approximate surface area is 135 Å². The molecule has 0 aliphatic carbocycles. The molecule has 3 heterocycles. The Bertz CT molecular complexity index is 780. The van der Waals surface area contributed by atoms with E-state index in [-0.39, 0.29) is 29.0 Å². The first kappa shape index (κ1) is 16.5. The van der Waals surface area contributed by atoms with Gasteiger partial charge in [-0.25, -0.2) is 9.97 Å². The molecule has 1 saturated heterocycles. The monoisotopic (exact) mass is 338 g/mol. The van der Waals surface area contributed by atoms with E-state index in [1.165, 1.54) is 17.1 Å². The normalized spacial score (nSPS) is 28.3. The highest BCUT2D eigenvalue weighted by molar-refractivity contribution is 6.08. The van der Waals surface area contributed by atoms with Gasteiger partial charge >= 0.3 is 0 Å². The summed E-state index contributed by atoms with van der Waals surface area (Å²) in [6.07, 6.45) is -3.64. The molecule has 130 valence electrons. The van der Waals surface area contributed by atoms with E-state index in [4.69, 9.17) is 21.9 Å². The Morgan fingerprint density at radius 3 is 2.71 bits per heavy atom. The van der Waals surface area contributed by atoms with Gasteiger partial charge in [0.2, 0.25) is 0 Å². The topological polar surface area (TPSA) is 196 Å². The Balaban J connectivity index is 2.10. The third-order valence-corrected chi connectivity index (χ3v) is 4.07. The zero-order valence-corrected chi connectivity index (χ0v) is 12.5. The molecule has 1 unspecified atom stereocenters. The van der Waals surface area contributed by atoms with Crippen LogP contribution in [0.5, 0.6) is 0 Å². The van der Waals surface area contributed by atoms with Crippen LogP contribution in [0.1, 0.15) is 16.6 Å². The van der Waals surface area contributed by atoms with E-state index in [0.29, 0.717) is 0 Å². The molecule has 24 heavy (non-hydrogen) atoms. The standard InChI is InChI=1S/C13H18N6O5/c14-1-5(20)9-7(21)8(22)13(24-9)19-2-4(11(16)23)6-10(15)17-3-18-12(6)19/h2-3,5,7-9,13,20-22H,1,14H2,(H2,16,23)(H2,15,17,18)/t5?,7-,8-,9-,13-/m1/s1. The van der Waals surface area contributed by atoms with Gasteiger partial charge in [-0.1, -0.05) is 0 Å². The summed E-state index contributed by atoms with van der Waals surface area (Å²) in [5.74, 6) is -0.717. The Morgan fingerprint density at radius 1 is 1.38 bits per heavy atom. The molecule has 0 radical (unpaired) electrons. The third-order valence-electron chi connectivity index (χ3n) is 4.07. The summed E-state index contributed by atoms with van der Waals surface area (Å²) in [4.78, 5) is 19.5. The lowest BCUT2D eigenvalue weighted by molar-refractivity contribution is -0.0801. The van der Waals surface area contributed by atoms with Crippen LogP contribution in [0.4, 0.5) is 5.82 Å². The summed E-state index contributed by atoms with van der Waals surface area (Å²) >= 11 is 0. The van der Waals surface area contributed by atoms with Crippen LogP contribution in [0.2, 0.25) is 0 Å². The van der Waals surface area contributed by atoms with Crippen LogP contribution in [0.25, 0.3) is 11.0 Å². The first-order chi connectivity index (χ1) is 11.4. The first-order valence-electron chi connectivity index (χ1n) is 7.17. The number of ether oxygens (including phenoxy) is 1. The number of fused-ring (bicyclic) bond motifs is 1. The summed E-state index contributed by atoms with van der Waals surface area (Å²) in [6, 6.07) is 0. The average Bonchev–Trinajstić information content (AvgIpc) is 3.07. The molecular weight excluding hydrogens is 320 g/mol. The number of rotatable bonds is 4. The van der Waals surface area contributed by atoms with Crippen molar-refractivity contribution in [2.45, 2.75) is 30.6 Å². The molecule has 1 aliphatic rings. The van der Waals surface area contributed by atoms with E-state index >= 15 is 0 Å². The molecule has 11 nitrogen and oxygen atoms in total. The van der Waals surface area contributed by atoms with Crippen LogP contribution in [0.15, 0.2) is 12.5 Å². The molecule has 11 heteroatoms. The number of nitrogens with zero attached hydrogens (tertiary/aromatic N) is 3. The number of carbonyl (C=O) groups excluding carboxylic acids is 1. The summed E-state index contributed by atoms with van der Waals surface area (Å²) in [7, 11) is 0. The van der Waals surface area contributed by atoms with Crippen LogP contribution in [0, 0.1) is 0 Å². The number of amides is 1. The molecule has 0 aromatic carbocycles. The molecule has 9 N–H and O–H groups in total. The van der Waals surface area contributed by atoms with Gasteiger partial charge in [0, 0.05) is 12.7 Å². The van der Waals surface area contributed by atoms with Crippen molar-refractivity contribution in [1.29, 1.82) is 0 Å². The largest absolute Gasteiger partial charge is 0.389 e. The second kappa shape index (κ2) is 5.96. The van der Waals surface area contributed by atoms with E-state index in [9.17, 15) is 20.1 Å². The van der Waals surface area contributed by atoms with Crippen molar-refractivity contribution in [3.8, 4) is 0 Å². The maximum absolute atomic E-state index is 11.6. The predicted molar refractivity (Wildman–Crippen MR) is 81.4 cm³/mol. The van der Waals surface area contributed by atoms with Gasteiger partial charge in [-0.15, -0.1) is 0 Å². The fraction of sp³-hybridized carbons (Fsp3) is 0.462. The average molecular weight is 338 g/mol. The lowest BCUT2D eigenvalue weighted by atomic mass is 10.1. The van der Waals surface area contributed by atoms with Gasteiger partial charge in [0.15, 0.2) is 6.23 Å². The number of anilines is 1. The molecule has 3 rings (SSSR count). The quantitative estimate of drug-likeness (QED) is 0.337. The minimum absolute atomic E-state index is 0.0409. The zero-order chi connectivity index (χ0) is 17.6. The van der Waals surface area contributed by atoms with Crippen LogP contribution in [0.3, 0.4) is 0 Å². The molecular formula is C13H18N6O5. The van der Waals surface area contributed by atoms with E-state index < -0.39 is 36.6 Å². The number of hydrogen-bond donors (Lipinski definition) is 6. The van der Waals surface area contributed by atoms with Gasteiger partial charge in [-0.3, -0.25) is 4.79 Å². The number of aliphatic hydroxyl groups excluding tert-OH is 3. The highest BCUT2D eigenvalue weighted by Gasteiger charge is 2.47. The van der Waals surface area contributed by atoms with Gasteiger partial charge in [-0.05, 0) is 0 Å². The molecule has 2 aromatic rings. The second-order valence-corrected chi connectivity index (χ2v) is 5.55. The number of aromatic nitrogens is 3. The fourth-order valence-electron chi connectivity index (χ4n) is 2.86. The second-order valence-electron chi connectivity index (χ2n) is 5.55. The molecule has 5 atom stereocenters. The van der Waals surface area contributed by atoms with Gasteiger partial charge in [0.1, 0.15) is 36.1 Å². The lowest BCUT2D eigenvalue weighted by Crippen LogP contribution is -2.42. The zero-order valence-electron chi connectivity index (χ0n) is 12.5. The molecule has 0 saturated carbocycles. The van der Waals surface area contributed by atoms with Crippen LogP contribution in [-0.4, -0.2) is 66.7 Å². The number of hydrogen-bond acceptors (Lipinski definition) is 9. The molecule has 0 bridgehead atoms. The SMILES string of the molecule is NCC(O)[C@H]1O[C@@H](n2cc(C(N)=O)c3c(N)ncnc32)[C@H](O)[C@H]1O. The van der Waals surface area contributed by atoms with Crippen molar-refractivity contribution in [2.75, 3.05) is 12.3 Å². The van der Waals surface area contributed by atoms with Crippen molar-refractivity contribution in [2.24, 2.45) is 11.5 Å². The fourth-order valence-corrected chi connectivity index (χ4v) is 2.86. The smallest absolute Gasteiger partial charge is 0.251 e. The van der Waals surface area contributed by atoms with E-state index in [0.717, 1.165) is 0 Å². The van der Waals surface area contributed by atoms with Gasteiger partial charge in [-0.2, -0.15) is 0 Å². The maximum Gasteiger partial charge on any atom is 0.251 e. The minimum Gasteiger partial charge on any atom is -0.389 e. The maximum atomic E-state index is 11.6. The number of nitrogens with two attached hydrogens (primary N) is 3. The third kappa shape index (κ3) is 2.39. The van der Waals surface area contributed by atoms with E-state index in [1.54, 1.807) is 0 Å². The predicted octanol–water partition coefficient (Wildman–Crippen LogP) is -2.95. The summed E-state index contributed by atoms with van der Waals surface area (Å²) in [5, 5.41) is 30.4. The Hall–Kier alpha value is -2.31. The van der Waals surface area contributed by atoms with Crippen molar-refractivity contribution < 1.29 is 24.9 Å². The molecule has 1 amide bonds. The summed E-state index contributed by atoms with van der Waals surface area (Å²) in [5.41, 5.74) is 16.8. The van der Waals surface area contributed by atoms with E-state index in [1.807, 2.05) is 0 Å². The lowest BCUT2D eigenvalue weighted by Gasteiger charge is -2.19.